The molecule has 3 aromatic rings. The van der Waals surface area contributed by atoms with Crippen LogP contribution in [0.5, 0.6) is 0 Å². The Bertz CT molecular complexity index is 1220. The van der Waals surface area contributed by atoms with Crippen molar-refractivity contribution >= 4 is 33.2 Å². The van der Waals surface area contributed by atoms with Crippen LogP contribution in [0, 0.1) is 5.92 Å². The second-order valence-electron chi connectivity index (χ2n) is 8.26. The minimum atomic E-state index is -3.51. The summed E-state index contributed by atoms with van der Waals surface area (Å²) in [5.41, 5.74) is 1.28. The highest BCUT2D eigenvalue weighted by Gasteiger charge is 2.27. The number of anilines is 1. The number of aryl methyl sites for hydroxylation is 1. The maximum atomic E-state index is 12.8. The van der Waals surface area contributed by atoms with Gasteiger partial charge in [0.2, 0.25) is 15.9 Å². The molecule has 1 aliphatic heterocycles. The Labute approximate surface area is 198 Å². The van der Waals surface area contributed by atoms with Crippen LogP contribution in [0.25, 0.3) is 11.3 Å². The summed E-state index contributed by atoms with van der Waals surface area (Å²) in [6, 6.07) is 13.6. The third-order valence-electron chi connectivity index (χ3n) is 5.78. The van der Waals surface area contributed by atoms with Gasteiger partial charge in [-0.15, -0.1) is 0 Å². The summed E-state index contributed by atoms with van der Waals surface area (Å²) >= 11 is 6.18. The van der Waals surface area contributed by atoms with Crippen molar-refractivity contribution in [1.29, 1.82) is 0 Å². The first kappa shape index (κ1) is 23.5. The van der Waals surface area contributed by atoms with E-state index in [1.807, 2.05) is 18.2 Å². The maximum absolute atomic E-state index is 12.8. The molecule has 1 fully saturated rings. The number of oxazole rings is 1. The van der Waals surface area contributed by atoms with E-state index >= 15 is 0 Å². The van der Waals surface area contributed by atoms with Gasteiger partial charge in [0.05, 0.1) is 16.1 Å². The lowest BCUT2D eigenvalue weighted by molar-refractivity contribution is -0.116. The number of aromatic nitrogens is 1. The van der Waals surface area contributed by atoms with E-state index in [2.05, 4.69) is 17.2 Å². The molecule has 0 bridgehead atoms. The third-order valence-corrected chi connectivity index (χ3v) is 8.02. The highest BCUT2D eigenvalue weighted by atomic mass is 35.5. The van der Waals surface area contributed by atoms with Crippen LogP contribution >= 0.6 is 11.6 Å². The van der Waals surface area contributed by atoms with Gasteiger partial charge in [-0.25, -0.2) is 13.4 Å². The van der Waals surface area contributed by atoms with E-state index in [-0.39, 0.29) is 17.2 Å². The molecule has 0 atom stereocenters. The Morgan fingerprint density at radius 1 is 1.15 bits per heavy atom. The quantitative estimate of drug-likeness (QED) is 0.507. The molecule has 1 aromatic heterocycles. The number of amides is 1. The monoisotopic (exact) mass is 487 g/mol. The average molecular weight is 488 g/mol. The summed E-state index contributed by atoms with van der Waals surface area (Å²) in [4.78, 5) is 16.8. The van der Waals surface area contributed by atoms with Gasteiger partial charge in [0.25, 0.3) is 0 Å². The molecule has 0 unspecified atom stereocenters. The van der Waals surface area contributed by atoms with E-state index in [0.717, 1.165) is 18.4 Å². The van der Waals surface area contributed by atoms with Crippen molar-refractivity contribution in [3.63, 3.8) is 0 Å². The van der Waals surface area contributed by atoms with Gasteiger partial charge in [-0.05, 0) is 55.2 Å². The normalized spacial score (nSPS) is 15.5. The summed E-state index contributed by atoms with van der Waals surface area (Å²) < 4.78 is 32.9. The molecule has 2 heterocycles. The molecule has 1 N–H and O–H groups in total. The number of rotatable bonds is 7. The topological polar surface area (TPSA) is 92.5 Å². The molecule has 9 heteroatoms. The summed E-state index contributed by atoms with van der Waals surface area (Å²) in [5, 5.41) is 3.35. The van der Waals surface area contributed by atoms with Gasteiger partial charge in [-0.1, -0.05) is 30.7 Å². The smallest absolute Gasteiger partial charge is 0.243 e. The van der Waals surface area contributed by atoms with Crippen LogP contribution in [0.1, 0.15) is 32.1 Å². The van der Waals surface area contributed by atoms with Crippen molar-refractivity contribution in [2.24, 2.45) is 5.92 Å². The molecule has 7 nitrogen and oxygen atoms in total. The molecular weight excluding hydrogens is 462 g/mol. The maximum Gasteiger partial charge on any atom is 0.243 e. The number of carbonyl (C=O) groups is 1. The van der Waals surface area contributed by atoms with Crippen molar-refractivity contribution in [1.82, 2.24) is 9.29 Å². The number of hydrogen-bond acceptors (Lipinski definition) is 5. The molecule has 2 aromatic carbocycles. The SMILES string of the molecule is CC1CCN(S(=O)(=O)c2ccc(NC(=O)CCc3ncc(-c4ccccc4Cl)o3)cc2)CC1. The number of nitrogens with one attached hydrogen (secondary N) is 1. The molecule has 33 heavy (non-hydrogen) atoms. The molecular formula is C24H26ClN3O4S. The molecule has 1 saturated heterocycles. The third kappa shape index (κ3) is 5.63. The molecule has 0 saturated carbocycles. The number of benzene rings is 2. The van der Waals surface area contributed by atoms with E-state index < -0.39 is 10.0 Å². The lowest BCUT2D eigenvalue weighted by Crippen LogP contribution is -2.37. The second-order valence-corrected chi connectivity index (χ2v) is 10.6. The van der Waals surface area contributed by atoms with Crippen LogP contribution in [-0.2, 0) is 21.2 Å². The second kappa shape index (κ2) is 10.1. The Morgan fingerprint density at radius 3 is 2.55 bits per heavy atom. The van der Waals surface area contributed by atoms with Gasteiger partial charge in [0.1, 0.15) is 0 Å². The zero-order chi connectivity index (χ0) is 23.4. The van der Waals surface area contributed by atoms with Crippen LogP contribution in [-0.4, -0.2) is 36.7 Å². The molecule has 0 radical (unpaired) electrons. The largest absolute Gasteiger partial charge is 0.441 e. The van der Waals surface area contributed by atoms with Gasteiger partial charge >= 0.3 is 0 Å². The van der Waals surface area contributed by atoms with Crippen LogP contribution in [0.2, 0.25) is 5.02 Å². The number of hydrogen-bond donors (Lipinski definition) is 1. The lowest BCUT2D eigenvalue weighted by Gasteiger charge is -2.29. The number of piperidine rings is 1. The minimum absolute atomic E-state index is 0.175. The van der Waals surface area contributed by atoms with E-state index in [0.29, 0.717) is 47.8 Å². The Kier molecular flexibility index (Phi) is 7.17. The van der Waals surface area contributed by atoms with Gasteiger partial charge in [-0.3, -0.25) is 4.79 Å². The first-order valence-electron chi connectivity index (χ1n) is 10.9. The zero-order valence-corrected chi connectivity index (χ0v) is 19.9. The first-order valence-corrected chi connectivity index (χ1v) is 12.7. The minimum Gasteiger partial charge on any atom is -0.441 e. The first-order chi connectivity index (χ1) is 15.8. The summed E-state index contributed by atoms with van der Waals surface area (Å²) in [7, 11) is -3.51. The van der Waals surface area contributed by atoms with Crippen LogP contribution in [0.15, 0.2) is 64.0 Å². The van der Waals surface area contributed by atoms with E-state index in [9.17, 15) is 13.2 Å². The summed E-state index contributed by atoms with van der Waals surface area (Å²) in [6.45, 7) is 3.23. The van der Waals surface area contributed by atoms with Crippen LogP contribution in [0.3, 0.4) is 0 Å². The van der Waals surface area contributed by atoms with E-state index in [4.69, 9.17) is 16.0 Å². The average Bonchev–Trinajstić information content (AvgIpc) is 3.27. The Hall–Kier alpha value is -2.68. The lowest BCUT2D eigenvalue weighted by atomic mass is 10.0. The summed E-state index contributed by atoms with van der Waals surface area (Å²) in [6.07, 6.45) is 3.84. The molecule has 1 aliphatic rings. The summed E-state index contributed by atoms with van der Waals surface area (Å²) in [5.74, 6) is 1.33. The predicted molar refractivity (Wildman–Crippen MR) is 127 cm³/mol. The zero-order valence-electron chi connectivity index (χ0n) is 18.3. The van der Waals surface area contributed by atoms with Crippen molar-refractivity contribution in [3.8, 4) is 11.3 Å². The van der Waals surface area contributed by atoms with Gasteiger partial charge in [-0.2, -0.15) is 4.31 Å². The van der Waals surface area contributed by atoms with Crippen molar-refractivity contribution < 1.29 is 17.6 Å². The predicted octanol–water partition coefficient (Wildman–Crippen LogP) is 4.99. The van der Waals surface area contributed by atoms with Gasteiger partial charge in [0.15, 0.2) is 11.7 Å². The fourth-order valence-electron chi connectivity index (χ4n) is 3.74. The number of halogens is 1. The van der Waals surface area contributed by atoms with Crippen molar-refractivity contribution in [3.05, 3.63) is 65.6 Å². The molecule has 1 amide bonds. The van der Waals surface area contributed by atoms with E-state index in [1.165, 1.54) is 16.4 Å². The highest BCUT2D eigenvalue weighted by molar-refractivity contribution is 7.89. The van der Waals surface area contributed by atoms with Crippen molar-refractivity contribution in [2.45, 2.75) is 37.5 Å². The number of carbonyl (C=O) groups excluding carboxylic acids is 1. The van der Waals surface area contributed by atoms with E-state index in [1.54, 1.807) is 24.4 Å². The number of sulfonamides is 1. The molecule has 174 valence electrons. The molecule has 4 rings (SSSR count). The van der Waals surface area contributed by atoms with Crippen molar-refractivity contribution in [2.75, 3.05) is 18.4 Å². The Morgan fingerprint density at radius 2 is 1.85 bits per heavy atom. The standard InChI is InChI=1S/C24H26ClN3O4S/c1-17-12-14-28(15-13-17)33(30,31)19-8-6-18(7-9-19)27-23(29)10-11-24-26-16-22(32-24)20-4-2-3-5-21(20)25/h2-9,16-17H,10-15H2,1H3,(H,27,29). The fourth-order valence-corrected chi connectivity index (χ4v) is 5.44. The van der Waals surface area contributed by atoms with Crippen LogP contribution < -0.4 is 5.32 Å². The number of nitrogens with zero attached hydrogens (tertiary/aromatic N) is 2. The van der Waals surface area contributed by atoms with Gasteiger partial charge < -0.3 is 9.73 Å². The van der Waals surface area contributed by atoms with Gasteiger partial charge in [0, 0.05) is 37.2 Å². The van der Waals surface area contributed by atoms with Crippen LogP contribution in [0.4, 0.5) is 5.69 Å². The molecule has 0 aliphatic carbocycles. The highest BCUT2D eigenvalue weighted by Crippen LogP contribution is 2.28. The fraction of sp³-hybridized carbons (Fsp3) is 0.333. The molecule has 0 spiro atoms. The Balaban J connectivity index is 1.32.